The van der Waals surface area contributed by atoms with Gasteiger partial charge in [-0.15, -0.1) is 0 Å². The lowest BCUT2D eigenvalue weighted by atomic mass is 10.0. The highest BCUT2D eigenvalue weighted by Crippen LogP contribution is 2.30. The van der Waals surface area contributed by atoms with E-state index in [-0.39, 0.29) is 11.9 Å². The molecule has 0 radical (unpaired) electrons. The summed E-state index contributed by atoms with van der Waals surface area (Å²) in [5.74, 6) is 1.24. The van der Waals surface area contributed by atoms with E-state index in [2.05, 4.69) is 10.1 Å². The van der Waals surface area contributed by atoms with Crippen LogP contribution >= 0.6 is 0 Å². The molecule has 0 spiro atoms. The highest BCUT2D eigenvalue weighted by molar-refractivity contribution is 5.74. The topological polar surface area (TPSA) is 59.2 Å². The number of hydrogen-bond acceptors (Lipinski definition) is 4. The number of carbonyl (C=O) groups excluding carboxylic acids is 1. The van der Waals surface area contributed by atoms with Gasteiger partial charge in [-0.1, -0.05) is 5.16 Å². The molecule has 1 atom stereocenters. The fraction of sp³-hybridized carbons (Fsp3) is 0.625. The Morgan fingerprint density at radius 3 is 2.85 bits per heavy atom. The van der Waals surface area contributed by atoms with E-state index >= 15 is 0 Å². The first-order chi connectivity index (χ1) is 6.18. The number of carbonyl (C=O) groups is 1. The minimum atomic E-state index is 0.0370. The Balaban J connectivity index is 2.14. The molecule has 1 aromatic heterocycles. The van der Waals surface area contributed by atoms with E-state index in [0.717, 1.165) is 13.0 Å². The molecule has 5 heteroatoms. The van der Waals surface area contributed by atoms with Crippen LogP contribution in [0.25, 0.3) is 0 Å². The maximum absolute atomic E-state index is 11.1. The summed E-state index contributed by atoms with van der Waals surface area (Å²) >= 11 is 0. The van der Waals surface area contributed by atoms with Crippen molar-refractivity contribution < 1.29 is 9.32 Å². The average molecular weight is 181 g/mol. The molecule has 0 unspecified atom stereocenters. The van der Waals surface area contributed by atoms with Crippen LogP contribution in [0, 0.1) is 6.92 Å². The van der Waals surface area contributed by atoms with Crippen molar-refractivity contribution >= 4 is 5.91 Å². The highest BCUT2D eigenvalue weighted by atomic mass is 16.5. The first kappa shape index (κ1) is 8.22. The van der Waals surface area contributed by atoms with Crippen molar-refractivity contribution in [3.63, 3.8) is 0 Å². The molecule has 1 aliphatic rings. The Labute approximate surface area is 75.7 Å². The van der Waals surface area contributed by atoms with Crippen LogP contribution in [0.3, 0.4) is 0 Å². The first-order valence-electron chi connectivity index (χ1n) is 4.26. The molecule has 2 heterocycles. The minimum absolute atomic E-state index is 0.0370. The van der Waals surface area contributed by atoms with Gasteiger partial charge in [-0.25, -0.2) is 0 Å². The van der Waals surface area contributed by atoms with Crippen LogP contribution in [0.1, 0.15) is 31.1 Å². The van der Waals surface area contributed by atoms with E-state index in [9.17, 15) is 4.79 Å². The van der Waals surface area contributed by atoms with Crippen molar-refractivity contribution in [2.24, 2.45) is 0 Å². The van der Waals surface area contributed by atoms with E-state index in [4.69, 9.17) is 4.52 Å². The van der Waals surface area contributed by atoms with Crippen LogP contribution < -0.4 is 0 Å². The normalized spacial score (nSPS) is 21.4. The maximum atomic E-state index is 11.1. The van der Waals surface area contributed by atoms with Crippen LogP contribution in [0.2, 0.25) is 0 Å². The molecule has 2 rings (SSSR count). The van der Waals surface area contributed by atoms with Crippen molar-refractivity contribution in [2.75, 3.05) is 6.54 Å². The summed E-state index contributed by atoms with van der Waals surface area (Å²) in [5, 5.41) is 3.79. The van der Waals surface area contributed by atoms with Gasteiger partial charge in [0.25, 0.3) is 0 Å². The second-order valence-corrected chi connectivity index (χ2v) is 3.19. The van der Waals surface area contributed by atoms with Crippen LogP contribution in [0.15, 0.2) is 4.52 Å². The standard InChI is InChI=1S/C8H11N3O2/c1-5-9-8(10-13-5)7-3-4-11(7)6(2)12/h7H,3-4H2,1-2H3/t7-/m0/s1. The number of aryl methyl sites for hydroxylation is 1. The van der Waals surface area contributed by atoms with Crippen LogP contribution in [0.5, 0.6) is 0 Å². The van der Waals surface area contributed by atoms with E-state index in [0.29, 0.717) is 11.7 Å². The molecule has 0 N–H and O–H groups in total. The Morgan fingerprint density at radius 2 is 2.46 bits per heavy atom. The summed E-state index contributed by atoms with van der Waals surface area (Å²) in [7, 11) is 0. The third kappa shape index (κ3) is 1.30. The van der Waals surface area contributed by atoms with Crippen molar-refractivity contribution in [1.29, 1.82) is 0 Å². The number of likely N-dealkylation sites (tertiary alicyclic amines) is 1. The second kappa shape index (κ2) is 2.83. The Bertz CT molecular complexity index is 334. The van der Waals surface area contributed by atoms with Crippen molar-refractivity contribution in [1.82, 2.24) is 15.0 Å². The molecule has 1 fully saturated rings. The zero-order valence-electron chi connectivity index (χ0n) is 7.65. The Kier molecular flexibility index (Phi) is 1.79. The number of amides is 1. The largest absolute Gasteiger partial charge is 0.340 e. The van der Waals surface area contributed by atoms with Gasteiger partial charge in [-0.05, 0) is 6.42 Å². The lowest BCUT2D eigenvalue weighted by molar-refractivity contribution is -0.137. The van der Waals surface area contributed by atoms with Crippen LogP contribution in [-0.4, -0.2) is 27.5 Å². The Morgan fingerprint density at radius 1 is 1.69 bits per heavy atom. The van der Waals surface area contributed by atoms with Crippen molar-refractivity contribution in [3.05, 3.63) is 11.7 Å². The molecule has 0 aromatic carbocycles. The molecule has 5 nitrogen and oxygen atoms in total. The van der Waals surface area contributed by atoms with Gasteiger partial charge in [-0.3, -0.25) is 4.79 Å². The zero-order valence-corrected chi connectivity index (χ0v) is 7.65. The molecule has 1 amide bonds. The van der Waals surface area contributed by atoms with E-state index in [1.54, 1.807) is 18.7 Å². The van der Waals surface area contributed by atoms with Gasteiger partial charge in [0.05, 0.1) is 6.04 Å². The summed E-state index contributed by atoms with van der Waals surface area (Å²) in [6, 6.07) is 0.0370. The zero-order chi connectivity index (χ0) is 9.42. The SMILES string of the molecule is CC(=O)N1CC[C@H]1c1noc(C)n1. The first-order valence-corrected chi connectivity index (χ1v) is 4.26. The number of aromatic nitrogens is 2. The van der Waals surface area contributed by atoms with Gasteiger partial charge in [0.2, 0.25) is 11.8 Å². The highest BCUT2D eigenvalue weighted by Gasteiger charge is 2.34. The molecule has 1 aliphatic heterocycles. The third-order valence-corrected chi connectivity index (χ3v) is 2.27. The fourth-order valence-corrected chi connectivity index (χ4v) is 1.48. The number of rotatable bonds is 1. The van der Waals surface area contributed by atoms with Crippen LogP contribution in [-0.2, 0) is 4.79 Å². The van der Waals surface area contributed by atoms with Gasteiger partial charge < -0.3 is 9.42 Å². The van der Waals surface area contributed by atoms with Gasteiger partial charge in [0.1, 0.15) is 0 Å². The maximum Gasteiger partial charge on any atom is 0.223 e. The minimum Gasteiger partial charge on any atom is -0.340 e. The summed E-state index contributed by atoms with van der Waals surface area (Å²) in [5.41, 5.74) is 0. The molecule has 1 saturated heterocycles. The van der Waals surface area contributed by atoms with Gasteiger partial charge >= 0.3 is 0 Å². The molecular formula is C8H11N3O2. The average Bonchev–Trinajstić information content (AvgIpc) is 2.32. The van der Waals surface area contributed by atoms with Gasteiger partial charge in [-0.2, -0.15) is 4.98 Å². The third-order valence-electron chi connectivity index (χ3n) is 2.27. The summed E-state index contributed by atoms with van der Waals surface area (Å²) in [6.07, 6.45) is 0.929. The molecular weight excluding hydrogens is 170 g/mol. The van der Waals surface area contributed by atoms with Crippen molar-refractivity contribution in [2.45, 2.75) is 26.3 Å². The fourth-order valence-electron chi connectivity index (χ4n) is 1.48. The molecule has 0 saturated carbocycles. The van der Waals surface area contributed by atoms with E-state index < -0.39 is 0 Å². The monoisotopic (exact) mass is 181 g/mol. The number of nitrogens with zero attached hydrogens (tertiary/aromatic N) is 3. The van der Waals surface area contributed by atoms with Gasteiger partial charge in [0, 0.05) is 20.4 Å². The van der Waals surface area contributed by atoms with Crippen molar-refractivity contribution in [3.8, 4) is 0 Å². The lowest BCUT2D eigenvalue weighted by Crippen LogP contribution is -2.44. The summed E-state index contributed by atoms with van der Waals surface area (Å²) < 4.78 is 4.85. The predicted molar refractivity (Wildman–Crippen MR) is 43.8 cm³/mol. The van der Waals surface area contributed by atoms with Crippen LogP contribution in [0.4, 0.5) is 0 Å². The summed E-state index contributed by atoms with van der Waals surface area (Å²) in [6.45, 7) is 4.10. The molecule has 13 heavy (non-hydrogen) atoms. The predicted octanol–water partition coefficient (Wildman–Crippen LogP) is 0.671. The second-order valence-electron chi connectivity index (χ2n) is 3.19. The molecule has 70 valence electrons. The van der Waals surface area contributed by atoms with E-state index in [1.807, 2.05) is 0 Å². The smallest absolute Gasteiger partial charge is 0.223 e. The lowest BCUT2D eigenvalue weighted by Gasteiger charge is -2.38. The van der Waals surface area contributed by atoms with Gasteiger partial charge in [0.15, 0.2) is 5.82 Å². The van der Waals surface area contributed by atoms with E-state index in [1.165, 1.54) is 0 Å². The molecule has 1 aromatic rings. The molecule has 0 aliphatic carbocycles. The Hall–Kier alpha value is -1.39. The molecule has 0 bridgehead atoms. The quantitative estimate of drug-likeness (QED) is 0.639. The number of hydrogen-bond donors (Lipinski definition) is 0. The summed E-state index contributed by atoms with van der Waals surface area (Å²) in [4.78, 5) is 16.9.